The summed E-state index contributed by atoms with van der Waals surface area (Å²) < 4.78 is 73.0. The van der Waals surface area contributed by atoms with Crippen molar-refractivity contribution in [3.63, 3.8) is 0 Å². The van der Waals surface area contributed by atoms with E-state index in [1.54, 1.807) is 30.3 Å². The number of rotatable bonds is 5. The van der Waals surface area contributed by atoms with Crippen molar-refractivity contribution in [2.75, 3.05) is 7.11 Å². The zero-order chi connectivity index (χ0) is 20.8. The lowest BCUT2D eigenvalue weighted by atomic mass is 10.1. The molecule has 1 unspecified atom stereocenters. The number of nitrogens with zero attached hydrogens (tertiary/aromatic N) is 1. The van der Waals surface area contributed by atoms with Gasteiger partial charge in [0.2, 0.25) is 10.0 Å². The fraction of sp³-hybridized carbons (Fsp3) is 0.400. The van der Waals surface area contributed by atoms with Gasteiger partial charge in [-0.25, -0.2) is 21.2 Å². The molecule has 0 N–H and O–H groups in total. The zero-order valence-electron chi connectivity index (χ0n) is 15.9. The Morgan fingerprint density at radius 1 is 0.966 bits per heavy atom. The van der Waals surface area contributed by atoms with Gasteiger partial charge in [-0.15, -0.1) is 0 Å². The van der Waals surface area contributed by atoms with E-state index in [0.29, 0.717) is 12.8 Å². The van der Waals surface area contributed by atoms with E-state index in [1.165, 1.54) is 17.5 Å². The fourth-order valence-electron chi connectivity index (χ4n) is 4.50. The summed E-state index contributed by atoms with van der Waals surface area (Å²) in [6.07, 6.45) is 1.62. The third-order valence-electron chi connectivity index (χ3n) is 5.81. The van der Waals surface area contributed by atoms with Crippen LogP contribution in [-0.4, -0.2) is 45.6 Å². The summed E-state index contributed by atoms with van der Waals surface area (Å²) in [4.78, 5) is 0.0359. The minimum absolute atomic E-state index is 0.0739. The maximum Gasteiger partial charge on any atom is 0.247 e. The Morgan fingerprint density at radius 2 is 1.59 bits per heavy atom. The van der Waals surface area contributed by atoms with Gasteiger partial charge in [0.1, 0.15) is 16.5 Å². The smallest absolute Gasteiger partial charge is 0.247 e. The van der Waals surface area contributed by atoms with Gasteiger partial charge >= 0.3 is 0 Å². The van der Waals surface area contributed by atoms with Crippen molar-refractivity contribution in [1.29, 1.82) is 0 Å². The van der Waals surface area contributed by atoms with Crippen LogP contribution in [0.1, 0.15) is 25.7 Å². The summed E-state index contributed by atoms with van der Waals surface area (Å²) in [5, 5.41) is -0.636. The molecule has 3 atom stereocenters. The first kappa shape index (κ1) is 20.3. The Balaban J connectivity index is 1.66. The molecule has 4 rings (SSSR count). The summed E-state index contributed by atoms with van der Waals surface area (Å²) >= 11 is 0. The van der Waals surface area contributed by atoms with Crippen LogP contribution in [0.3, 0.4) is 0 Å². The molecule has 0 aliphatic carbocycles. The van der Waals surface area contributed by atoms with E-state index >= 15 is 0 Å². The van der Waals surface area contributed by atoms with Crippen LogP contribution in [0, 0.1) is 5.82 Å². The molecule has 0 radical (unpaired) electrons. The number of hydrogen-bond donors (Lipinski definition) is 0. The number of sulfonamides is 1. The molecule has 2 fully saturated rings. The minimum atomic E-state index is -4.02. The monoisotopic (exact) mass is 439 g/mol. The van der Waals surface area contributed by atoms with Gasteiger partial charge in [0, 0.05) is 12.1 Å². The Kier molecular flexibility index (Phi) is 5.16. The van der Waals surface area contributed by atoms with Crippen molar-refractivity contribution in [1.82, 2.24) is 4.31 Å². The van der Waals surface area contributed by atoms with E-state index in [4.69, 9.17) is 4.74 Å². The first-order chi connectivity index (χ1) is 13.7. The summed E-state index contributed by atoms with van der Waals surface area (Å²) in [5.41, 5.74) is 0. The highest BCUT2D eigenvalue weighted by Crippen LogP contribution is 2.44. The number of benzene rings is 2. The molecule has 0 spiro atoms. The topological polar surface area (TPSA) is 80.8 Å². The van der Waals surface area contributed by atoms with E-state index in [-0.39, 0.29) is 28.4 Å². The molecular formula is C20H22FNO5S2. The number of ether oxygens (including phenoxy) is 1. The highest BCUT2D eigenvalue weighted by molar-refractivity contribution is 7.92. The first-order valence-electron chi connectivity index (χ1n) is 9.41. The normalized spacial score (nSPS) is 25.1. The SMILES string of the molecule is COc1ccc(F)cc1S(=O)(=O)N1[C@@H]2CC[C@H]1CC(S(=O)(=O)c1ccccc1)C2. The molecule has 2 bridgehead atoms. The van der Waals surface area contributed by atoms with Gasteiger partial charge in [0.15, 0.2) is 9.84 Å². The van der Waals surface area contributed by atoms with Crippen LogP contribution in [0.15, 0.2) is 58.3 Å². The molecule has 2 aliphatic rings. The molecule has 2 heterocycles. The minimum Gasteiger partial charge on any atom is -0.495 e. The molecule has 2 saturated heterocycles. The third kappa shape index (κ3) is 3.45. The van der Waals surface area contributed by atoms with Crippen LogP contribution in [-0.2, 0) is 19.9 Å². The van der Waals surface area contributed by atoms with Crippen molar-refractivity contribution in [2.24, 2.45) is 0 Å². The van der Waals surface area contributed by atoms with Gasteiger partial charge in [-0.05, 0) is 56.0 Å². The van der Waals surface area contributed by atoms with Crippen molar-refractivity contribution in [3.8, 4) is 5.75 Å². The number of piperidine rings is 1. The fourth-order valence-corrected chi connectivity index (χ4v) is 8.43. The average molecular weight is 440 g/mol. The second kappa shape index (κ2) is 7.37. The van der Waals surface area contributed by atoms with Crippen LogP contribution in [0.4, 0.5) is 4.39 Å². The molecule has 9 heteroatoms. The summed E-state index contributed by atoms with van der Waals surface area (Å²) in [6, 6.07) is 10.8. The highest BCUT2D eigenvalue weighted by atomic mass is 32.2. The number of fused-ring (bicyclic) bond motifs is 2. The van der Waals surface area contributed by atoms with Gasteiger partial charge in [-0.1, -0.05) is 18.2 Å². The molecule has 2 aromatic carbocycles. The number of sulfone groups is 1. The van der Waals surface area contributed by atoms with Crippen LogP contribution in [0.25, 0.3) is 0 Å². The van der Waals surface area contributed by atoms with Gasteiger partial charge in [0.05, 0.1) is 17.3 Å². The summed E-state index contributed by atoms with van der Waals surface area (Å²) in [5.74, 6) is -0.594. The standard InChI is InChI=1S/C20H22FNO5S2/c1-27-19-10-7-14(21)11-20(19)29(25,26)22-15-8-9-16(22)13-18(12-15)28(23,24)17-5-3-2-4-6-17/h2-7,10-11,15-16,18H,8-9,12-13H2,1H3/t15-,16+,18?. The molecule has 6 nitrogen and oxygen atoms in total. The molecule has 2 aliphatic heterocycles. The quantitative estimate of drug-likeness (QED) is 0.716. The maximum absolute atomic E-state index is 13.8. The lowest BCUT2D eigenvalue weighted by Gasteiger charge is -2.37. The second-order valence-corrected chi connectivity index (χ2v) is 11.5. The van der Waals surface area contributed by atoms with E-state index in [0.717, 1.165) is 12.1 Å². The number of methoxy groups -OCH3 is 1. The Hall–Kier alpha value is -1.97. The first-order valence-corrected chi connectivity index (χ1v) is 12.4. The van der Waals surface area contributed by atoms with Crippen LogP contribution < -0.4 is 4.74 Å². The number of halogens is 1. The van der Waals surface area contributed by atoms with E-state index in [1.807, 2.05) is 0 Å². The van der Waals surface area contributed by atoms with Crippen molar-refractivity contribution >= 4 is 19.9 Å². The lowest BCUT2D eigenvalue weighted by Crippen LogP contribution is -2.49. The van der Waals surface area contributed by atoms with Gasteiger partial charge in [-0.3, -0.25) is 0 Å². The van der Waals surface area contributed by atoms with Crippen molar-refractivity contribution in [3.05, 3.63) is 54.3 Å². The predicted molar refractivity (Wildman–Crippen MR) is 105 cm³/mol. The van der Waals surface area contributed by atoms with Crippen LogP contribution in [0.2, 0.25) is 0 Å². The van der Waals surface area contributed by atoms with Gasteiger partial charge in [-0.2, -0.15) is 4.31 Å². The molecule has 0 saturated carbocycles. The Labute approximate surface area is 170 Å². The number of hydrogen-bond acceptors (Lipinski definition) is 5. The lowest BCUT2D eigenvalue weighted by molar-refractivity contribution is 0.248. The van der Waals surface area contributed by atoms with Crippen molar-refractivity contribution in [2.45, 2.75) is 52.8 Å². The molecule has 0 amide bonds. The summed E-state index contributed by atoms with van der Waals surface area (Å²) in [6.45, 7) is 0. The predicted octanol–water partition coefficient (Wildman–Crippen LogP) is 2.99. The maximum atomic E-state index is 13.8. The second-order valence-electron chi connectivity index (χ2n) is 7.47. The van der Waals surface area contributed by atoms with E-state index in [9.17, 15) is 21.2 Å². The largest absolute Gasteiger partial charge is 0.495 e. The molecule has 0 aromatic heterocycles. The van der Waals surface area contributed by atoms with Gasteiger partial charge in [0.25, 0.3) is 0 Å². The molecular weight excluding hydrogens is 417 g/mol. The summed E-state index contributed by atoms with van der Waals surface area (Å²) in [7, 11) is -6.24. The van der Waals surface area contributed by atoms with Crippen molar-refractivity contribution < 1.29 is 26.0 Å². The average Bonchev–Trinajstić information content (AvgIpc) is 2.99. The molecule has 2 aromatic rings. The van der Waals surface area contributed by atoms with E-state index in [2.05, 4.69) is 0 Å². The molecule has 29 heavy (non-hydrogen) atoms. The van der Waals surface area contributed by atoms with E-state index < -0.39 is 43.0 Å². The van der Waals surface area contributed by atoms with Gasteiger partial charge < -0.3 is 4.74 Å². The van der Waals surface area contributed by atoms with Crippen LogP contribution >= 0.6 is 0 Å². The Bertz CT molecular complexity index is 1100. The van der Waals surface area contributed by atoms with Crippen LogP contribution in [0.5, 0.6) is 5.75 Å². The highest BCUT2D eigenvalue weighted by Gasteiger charge is 2.50. The third-order valence-corrected chi connectivity index (χ3v) is 10.0. The Morgan fingerprint density at radius 3 is 2.17 bits per heavy atom. The molecule has 156 valence electrons. The zero-order valence-corrected chi connectivity index (χ0v) is 17.5.